The number of esters is 1. The maximum Gasteiger partial charge on any atom is 0.309 e. The SMILES string of the molecule is CCC(C(C)C(=O)OC)N1CC=CC(O)C1. The van der Waals surface area contributed by atoms with Gasteiger partial charge in [-0.25, -0.2) is 0 Å². The van der Waals surface area contributed by atoms with Crippen LogP contribution in [0.1, 0.15) is 20.3 Å². The third kappa shape index (κ3) is 3.06. The van der Waals surface area contributed by atoms with Crippen LogP contribution >= 0.6 is 0 Å². The number of methoxy groups -OCH3 is 1. The number of rotatable bonds is 4. The minimum absolute atomic E-state index is 0.132. The van der Waals surface area contributed by atoms with Crippen molar-refractivity contribution in [2.45, 2.75) is 32.4 Å². The fourth-order valence-corrected chi connectivity index (χ4v) is 2.27. The molecule has 0 aromatic rings. The number of hydrogen-bond acceptors (Lipinski definition) is 4. The van der Waals surface area contributed by atoms with E-state index >= 15 is 0 Å². The highest BCUT2D eigenvalue weighted by Crippen LogP contribution is 2.18. The molecule has 0 spiro atoms. The molecule has 0 fully saturated rings. The summed E-state index contributed by atoms with van der Waals surface area (Å²) in [4.78, 5) is 13.6. The van der Waals surface area contributed by atoms with Gasteiger partial charge in [0.1, 0.15) is 0 Å². The fraction of sp³-hybridized carbons (Fsp3) is 0.750. The summed E-state index contributed by atoms with van der Waals surface area (Å²) in [7, 11) is 1.41. The molecule has 92 valence electrons. The van der Waals surface area contributed by atoms with Crippen LogP contribution in [0.2, 0.25) is 0 Å². The molecule has 1 N–H and O–H groups in total. The van der Waals surface area contributed by atoms with Gasteiger partial charge in [0, 0.05) is 19.1 Å². The van der Waals surface area contributed by atoms with Crippen LogP contribution in [0.15, 0.2) is 12.2 Å². The average Bonchev–Trinajstić information content (AvgIpc) is 2.29. The second-order valence-electron chi connectivity index (χ2n) is 4.24. The summed E-state index contributed by atoms with van der Waals surface area (Å²) in [6.45, 7) is 5.31. The predicted molar refractivity (Wildman–Crippen MR) is 62.0 cm³/mol. The van der Waals surface area contributed by atoms with Gasteiger partial charge in [-0.1, -0.05) is 26.0 Å². The van der Waals surface area contributed by atoms with Crippen molar-refractivity contribution in [3.63, 3.8) is 0 Å². The molecule has 0 saturated carbocycles. The average molecular weight is 227 g/mol. The van der Waals surface area contributed by atoms with Crippen LogP contribution in [0.5, 0.6) is 0 Å². The molecule has 4 heteroatoms. The minimum Gasteiger partial charge on any atom is -0.469 e. The lowest BCUT2D eigenvalue weighted by Gasteiger charge is -2.36. The highest BCUT2D eigenvalue weighted by atomic mass is 16.5. The Morgan fingerprint density at radius 3 is 2.88 bits per heavy atom. The van der Waals surface area contributed by atoms with E-state index in [1.165, 1.54) is 7.11 Å². The highest BCUT2D eigenvalue weighted by molar-refractivity contribution is 5.72. The van der Waals surface area contributed by atoms with Gasteiger partial charge in [-0.05, 0) is 6.42 Å². The van der Waals surface area contributed by atoms with Gasteiger partial charge in [0.2, 0.25) is 0 Å². The zero-order chi connectivity index (χ0) is 12.1. The number of aliphatic hydroxyl groups is 1. The number of aliphatic hydroxyl groups excluding tert-OH is 1. The van der Waals surface area contributed by atoms with Gasteiger partial charge < -0.3 is 9.84 Å². The Morgan fingerprint density at radius 2 is 2.38 bits per heavy atom. The van der Waals surface area contributed by atoms with E-state index in [2.05, 4.69) is 11.8 Å². The van der Waals surface area contributed by atoms with Crippen molar-refractivity contribution in [2.75, 3.05) is 20.2 Å². The van der Waals surface area contributed by atoms with Crippen LogP contribution in [0.4, 0.5) is 0 Å². The van der Waals surface area contributed by atoms with Crippen LogP contribution in [0, 0.1) is 5.92 Å². The van der Waals surface area contributed by atoms with Crippen molar-refractivity contribution in [2.24, 2.45) is 5.92 Å². The molecule has 3 unspecified atom stereocenters. The van der Waals surface area contributed by atoms with Crippen LogP contribution in [-0.4, -0.2) is 48.3 Å². The number of β-amino-alcohol motifs (C(OH)–C–C–N with tert-alkyl or cyclic N) is 1. The molecule has 0 radical (unpaired) electrons. The van der Waals surface area contributed by atoms with E-state index < -0.39 is 6.10 Å². The minimum atomic E-state index is -0.423. The van der Waals surface area contributed by atoms with Gasteiger partial charge >= 0.3 is 5.97 Å². The number of carbonyl (C=O) groups excluding carboxylic acids is 1. The van der Waals surface area contributed by atoms with Crippen molar-refractivity contribution in [3.8, 4) is 0 Å². The van der Waals surface area contributed by atoms with E-state index in [1.807, 2.05) is 13.0 Å². The molecule has 0 aromatic carbocycles. The first-order valence-electron chi connectivity index (χ1n) is 5.76. The summed E-state index contributed by atoms with van der Waals surface area (Å²) in [5.41, 5.74) is 0. The largest absolute Gasteiger partial charge is 0.469 e. The van der Waals surface area contributed by atoms with Crippen molar-refractivity contribution >= 4 is 5.97 Å². The first kappa shape index (κ1) is 13.2. The normalized spacial score (nSPS) is 25.1. The topological polar surface area (TPSA) is 49.8 Å². The Kier molecular flexibility index (Phi) is 4.96. The Bertz CT molecular complexity index is 265. The monoisotopic (exact) mass is 227 g/mol. The standard InChI is InChI=1S/C12H21NO3/c1-4-11(9(2)12(15)16-3)13-7-5-6-10(14)8-13/h5-6,9-11,14H,4,7-8H2,1-3H3. The van der Waals surface area contributed by atoms with E-state index in [0.29, 0.717) is 6.54 Å². The molecule has 3 atom stereocenters. The first-order valence-corrected chi connectivity index (χ1v) is 5.76. The third-order valence-electron chi connectivity index (χ3n) is 3.16. The van der Waals surface area contributed by atoms with E-state index in [4.69, 9.17) is 4.74 Å². The lowest BCUT2D eigenvalue weighted by atomic mass is 9.96. The summed E-state index contributed by atoms with van der Waals surface area (Å²) in [6.07, 6.45) is 4.19. The first-order chi connectivity index (χ1) is 7.60. The Morgan fingerprint density at radius 1 is 1.69 bits per heavy atom. The zero-order valence-corrected chi connectivity index (χ0v) is 10.2. The fourth-order valence-electron chi connectivity index (χ4n) is 2.27. The second kappa shape index (κ2) is 6.01. The summed E-state index contributed by atoms with van der Waals surface area (Å²) in [5, 5.41) is 9.56. The van der Waals surface area contributed by atoms with Crippen LogP contribution in [-0.2, 0) is 9.53 Å². The van der Waals surface area contributed by atoms with E-state index in [0.717, 1.165) is 13.0 Å². The number of carbonyl (C=O) groups is 1. The van der Waals surface area contributed by atoms with Crippen LogP contribution in [0.25, 0.3) is 0 Å². The molecule has 0 saturated heterocycles. The summed E-state index contributed by atoms with van der Waals surface area (Å²) in [5.74, 6) is -0.343. The van der Waals surface area contributed by atoms with Gasteiger partial charge in [0.15, 0.2) is 0 Å². The molecule has 1 heterocycles. The van der Waals surface area contributed by atoms with E-state index in [1.54, 1.807) is 6.08 Å². The molecule has 0 aliphatic carbocycles. The Balaban J connectivity index is 2.66. The molecule has 0 amide bonds. The van der Waals surface area contributed by atoms with Gasteiger partial charge in [-0.15, -0.1) is 0 Å². The number of ether oxygens (including phenoxy) is 1. The maximum atomic E-state index is 11.5. The smallest absolute Gasteiger partial charge is 0.309 e. The third-order valence-corrected chi connectivity index (χ3v) is 3.16. The second-order valence-corrected chi connectivity index (χ2v) is 4.24. The molecule has 1 rings (SSSR count). The summed E-state index contributed by atoms with van der Waals surface area (Å²) in [6, 6.07) is 0.132. The van der Waals surface area contributed by atoms with Crippen molar-refractivity contribution < 1.29 is 14.6 Å². The Labute approximate surface area is 96.9 Å². The lowest BCUT2D eigenvalue weighted by molar-refractivity contribution is -0.147. The molecular formula is C12H21NO3. The quantitative estimate of drug-likeness (QED) is 0.570. The van der Waals surface area contributed by atoms with Gasteiger partial charge in [-0.2, -0.15) is 0 Å². The van der Waals surface area contributed by atoms with Gasteiger partial charge in [-0.3, -0.25) is 9.69 Å². The van der Waals surface area contributed by atoms with Crippen molar-refractivity contribution in [1.29, 1.82) is 0 Å². The molecule has 0 aromatic heterocycles. The number of hydrogen-bond donors (Lipinski definition) is 1. The summed E-state index contributed by atoms with van der Waals surface area (Å²) < 4.78 is 4.77. The van der Waals surface area contributed by atoms with Crippen molar-refractivity contribution in [1.82, 2.24) is 4.90 Å². The molecule has 16 heavy (non-hydrogen) atoms. The van der Waals surface area contributed by atoms with E-state index in [-0.39, 0.29) is 17.9 Å². The van der Waals surface area contributed by atoms with Crippen LogP contribution in [0.3, 0.4) is 0 Å². The molecule has 4 nitrogen and oxygen atoms in total. The molecular weight excluding hydrogens is 206 g/mol. The predicted octanol–water partition coefficient (Wildman–Crippen LogP) is 0.807. The molecule has 0 bridgehead atoms. The molecule has 1 aliphatic rings. The molecule has 1 aliphatic heterocycles. The van der Waals surface area contributed by atoms with Gasteiger partial charge in [0.25, 0.3) is 0 Å². The highest BCUT2D eigenvalue weighted by Gasteiger charge is 2.29. The van der Waals surface area contributed by atoms with Gasteiger partial charge in [0.05, 0.1) is 19.1 Å². The lowest BCUT2D eigenvalue weighted by Crippen LogP contribution is -2.47. The summed E-state index contributed by atoms with van der Waals surface area (Å²) >= 11 is 0. The zero-order valence-electron chi connectivity index (χ0n) is 10.2. The number of nitrogens with zero attached hydrogens (tertiary/aromatic N) is 1. The van der Waals surface area contributed by atoms with Crippen LogP contribution < -0.4 is 0 Å². The maximum absolute atomic E-state index is 11.5. The van der Waals surface area contributed by atoms with Crippen molar-refractivity contribution in [3.05, 3.63) is 12.2 Å². The van der Waals surface area contributed by atoms with E-state index in [9.17, 15) is 9.90 Å². The Hall–Kier alpha value is -0.870.